The Kier molecular flexibility index (Phi) is 4.93. The highest BCUT2D eigenvalue weighted by atomic mass is 16.5. The molecule has 1 amide bonds. The van der Waals surface area contributed by atoms with E-state index < -0.39 is 17.7 Å². The zero-order chi connectivity index (χ0) is 23.3. The molecule has 0 spiro atoms. The number of carbonyl (C=O) groups excluding carboxylic acids is 2. The lowest BCUT2D eigenvalue weighted by Gasteiger charge is -2.27. The highest BCUT2D eigenvalue weighted by Gasteiger charge is 2.47. The minimum absolute atomic E-state index is 0.0181. The molecule has 166 valence electrons. The van der Waals surface area contributed by atoms with Gasteiger partial charge in [0.05, 0.1) is 18.2 Å². The number of rotatable bonds is 3. The van der Waals surface area contributed by atoms with E-state index in [4.69, 9.17) is 4.74 Å². The summed E-state index contributed by atoms with van der Waals surface area (Å²) in [6.07, 6.45) is 0.717. The van der Waals surface area contributed by atoms with Crippen LogP contribution in [0.25, 0.3) is 5.76 Å². The van der Waals surface area contributed by atoms with Crippen LogP contribution in [0.2, 0.25) is 0 Å². The van der Waals surface area contributed by atoms with Gasteiger partial charge >= 0.3 is 0 Å². The summed E-state index contributed by atoms with van der Waals surface area (Å²) in [5, 5.41) is 21.1. The Labute approximate surface area is 191 Å². The summed E-state index contributed by atoms with van der Waals surface area (Å²) < 4.78 is 5.55. The van der Waals surface area contributed by atoms with E-state index in [-0.39, 0.29) is 17.1 Å². The van der Waals surface area contributed by atoms with Gasteiger partial charge in [-0.05, 0) is 66.9 Å². The van der Waals surface area contributed by atoms with Crippen molar-refractivity contribution in [3.05, 3.63) is 94.1 Å². The fraction of sp³-hybridized carbons (Fsp3) is 0.185. The largest absolute Gasteiger partial charge is 0.508 e. The first-order valence-corrected chi connectivity index (χ1v) is 10.8. The molecule has 6 nitrogen and oxygen atoms in total. The van der Waals surface area contributed by atoms with Crippen LogP contribution in [-0.4, -0.2) is 28.5 Å². The van der Waals surface area contributed by atoms with E-state index >= 15 is 0 Å². The third-order valence-electron chi connectivity index (χ3n) is 6.23. The molecule has 3 aromatic carbocycles. The van der Waals surface area contributed by atoms with E-state index in [1.807, 2.05) is 32.0 Å². The lowest BCUT2D eigenvalue weighted by Crippen LogP contribution is -2.30. The average molecular weight is 441 g/mol. The Morgan fingerprint density at radius 1 is 1.00 bits per heavy atom. The van der Waals surface area contributed by atoms with Crippen LogP contribution in [0.15, 0.2) is 66.2 Å². The Morgan fingerprint density at radius 3 is 2.48 bits per heavy atom. The maximum atomic E-state index is 13.3. The molecule has 1 unspecified atom stereocenters. The number of hydrogen-bond donors (Lipinski definition) is 2. The van der Waals surface area contributed by atoms with E-state index in [1.54, 1.807) is 30.3 Å². The Bertz CT molecular complexity index is 1320. The summed E-state index contributed by atoms with van der Waals surface area (Å²) in [6.45, 7) is 4.42. The van der Waals surface area contributed by atoms with Gasteiger partial charge in [-0.2, -0.15) is 0 Å². The molecule has 0 saturated carbocycles. The average Bonchev–Trinajstić information content (AvgIpc) is 3.36. The molecular weight excluding hydrogens is 418 g/mol. The monoisotopic (exact) mass is 441 g/mol. The molecule has 6 heteroatoms. The second kappa shape index (κ2) is 7.81. The van der Waals surface area contributed by atoms with Gasteiger partial charge in [-0.25, -0.2) is 0 Å². The minimum atomic E-state index is -0.837. The normalized spacial score (nSPS) is 19.0. The van der Waals surface area contributed by atoms with Crippen LogP contribution in [0.1, 0.15) is 33.9 Å². The smallest absolute Gasteiger partial charge is 0.300 e. The van der Waals surface area contributed by atoms with Crippen molar-refractivity contribution in [1.82, 2.24) is 0 Å². The number of aryl methyl sites for hydroxylation is 2. The maximum absolute atomic E-state index is 13.3. The first-order valence-electron chi connectivity index (χ1n) is 10.8. The van der Waals surface area contributed by atoms with E-state index in [0.29, 0.717) is 23.4 Å². The number of carbonyl (C=O) groups is 2. The highest BCUT2D eigenvalue weighted by Crippen LogP contribution is 2.44. The van der Waals surface area contributed by atoms with Gasteiger partial charge in [0.25, 0.3) is 11.7 Å². The Balaban J connectivity index is 1.72. The number of aliphatic hydroxyl groups is 1. The van der Waals surface area contributed by atoms with Crippen LogP contribution in [0.5, 0.6) is 11.5 Å². The quantitative estimate of drug-likeness (QED) is 0.353. The zero-order valence-electron chi connectivity index (χ0n) is 18.3. The van der Waals surface area contributed by atoms with Gasteiger partial charge in [0.15, 0.2) is 0 Å². The van der Waals surface area contributed by atoms with Crippen molar-refractivity contribution < 1.29 is 24.5 Å². The molecule has 1 fully saturated rings. The third kappa shape index (κ3) is 3.44. The molecular formula is C27H23NO5. The number of amides is 1. The van der Waals surface area contributed by atoms with Crippen LogP contribution in [0.4, 0.5) is 5.69 Å². The molecule has 0 bridgehead atoms. The first-order chi connectivity index (χ1) is 15.8. The number of phenolic OH excluding ortho intramolecular Hbond substituents is 1. The molecule has 0 radical (unpaired) electrons. The second-order valence-electron chi connectivity index (χ2n) is 8.47. The molecule has 2 aliphatic rings. The van der Waals surface area contributed by atoms with Gasteiger partial charge in [0, 0.05) is 17.7 Å². The molecule has 2 heterocycles. The lowest BCUT2D eigenvalue weighted by atomic mass is 9.94. The highest BCUT2D eigenvalue weighted by molar-refractivity contribution is 6.51. The standard InChI is InChI=1S/C27H23NO5/c1-15-3-9-21(16(2)13-15)28-24(17-4-7-20(29)8-5-17)23(26(31)27(28)32)25(30)19-6-10-22-18(14-19)11-12-33-22/h3-10,13-14,24,29-30H,11-12H2,1-2H3/b25-23-. The fourth-order valence-corrected chi connectivity index (χ4v) is 4.62. The molecule has 5 rings (SSSR count). The number of fused-ring (bicyclic) bond motifs is 1. The summed E-state index contributed by atoms with van der Waals surface area (Å²) in [7, 11) is 0. The topological polar surface area (TPSA) is 87.1 Å². The fourth-order valence-electron chi connectivity index (χ4n) is 4.62. The third-order valence-corrected chi connectivity index (χ3v) is 6.23. The molecule has 3 aromatic rings. The summed E-state index contributed by atoms with van der Waals surface area (Å²) >= 11 is 0. The summed E-state index contributed by atoms with van der Waals surface area (Å²) in [5.74, 6) is -0.847. The molecule has 2 N–H and O–H groups in total. The number of anilines is 1. The molecule has 33 heavy (non-hydrogen) atoms. The number of benzene rings is 3. The van der Waals surface area contributed by atoms with Crippen molar-refractivity contribution >= 4 is 23.1 Å². The Morgan fingerprint density at radius 2 is 1.76 bits per heavy atom. The second-order valence-corrected chi connectivity index (χ2v) is 8.47. The molecule has 1 saturated heterocycles. The lowest BCUT2D eigenvalue weighted by molar-refractivity contribution is -0.132. The van der Waals surface area contributed by atoms with Crippen molar-refractivity contribution in [3.8, 4) is 11.5 Å². The molecule has 1 atom stereocenters. The van der Waals surface area contributed by atoms with Crippen molar-refractivity contribution in [1.29, 1.82) is 0 Å². The van der Waals surface area contributed by atoms with E-state index in [9.17, 15) is 19.8 Å². The van der Waals surface area contributed by atoms with Crippen LogP contribution < -0.4 is 9.64 Å². The van der Waals surface area contributed by atoms with E-state index in [1.165, 1.54) is 17.0 Å². The van der Waals surface area contributed by atoms with Crippen LogP contribution in [0, 0.1) is 13.8 Å². The van der Waals surface area contributed by atoms with Gasteiger partial charge in [-0.15, -0.1) is 0 Å². The van der Waals surface area contributed by atoms with E-state index in [0.717, 1.165) is 28.9 Å². The van der Waals surface area contributed by atoms with Gasteiger partial charge in [-0.3, -0.25) is 14.5 Å². The van der Waals surface area contributed by atoms with Crippen LogP contribution in [-0.2, 0) is 16.0 Å². The first kappa shape index (κ1) is 20.8. The predicted molar refractivity (Wildman–Crippen MR) is 124 cm³/mol. The number of nitrogens with zero attached hydrogens (tertiary/aromatic N) is 1. The van der Waals surface area contributed by atoms with Crippen LogP contribution >= 0.6 is 0 Å². The minimum Gasteiger partial charge on any atom is -0.508 e. The van der Waals surface area contributed by atoms with Crippen molar-refractivity contribution in [2.75, 3.05) is 11.5 Å². The number of ketones is 1. The zero-order valence-corrected chi connectivity index (χ0v) is 18.3. The van der Waals surface area contributed by atoms with Gasteiger partial charge in [-0.1, -0.05) is 29.8 Å². The number of phenols is 1. The van der Waals surface area contributed by atoms with Crippen molar-refractivity contribution in [3.63, 3.8) is 0 Å². The summed E-state index contributed by atoms with van der Waals surface area (Å²) in [6, 6.07) is 16.4. The summed E-state index contributed by atoms with van der Waals surface area (Å²) in [5.41, 5.74) is 4.51. The SMILES string of the molecule is Cc1ccc(N2C(=O)C(=O)/C(=C(\O)c3ccc4c(c3)CCO4)C2c2ccc(O)cc2)c(C)c1. The predicted octanol–water partition coefficient (Wildman–Crippen LogP) is 4.57. The molecule has 0 aliphatic carbocycles. The van der Waals surface area contributed by atoms with Crippen LogP contribution in [0.3, 0.4) is 0 Å². The van der Waals surface area contributed by atoms with Gasteiger partial charge in [0.2, 0.25) is 0 Å². The number of ether oxygens (including phenoxy) is 1. The Hall–Kier alpha value is -4.06. The van der Waals surface area contributed by atoms with Gasteiger partial charge < -0.3 is 14.9 Å². The number of aliphatic hydroxyl groups excluding tert-OH is 1. The number of aromatic hydroxyl groups is 1. The number of hydrogen-bond acceptors (Lipinski definition) is 5. The van der Waals surface area contributed by atoms with Crippen molar-refractivity contribution in [2.24, 2.45) is 0 Å². The molecule has 0 aromatic heterocycles. The van der Waals surface area contributed by atoms with Crippen molar-refractivity contribution in [2.45, 2.75) is 26.3 Å². The van der Waals surface area contributed by atoms with Gasteiger partial charge in [0.1, 0.15) is 17.3 Å². The molecule has 2 aliphatic heterocycles. The summed E-state index contributed by atoms with van der Waals surface area (Å²) in [4.78, 5) is 28.0. The number of Topliss-reactive ketones (excluding diaryl/α,β-unsaturated/α-hetero) is 1. The maximum Gasteiger partial charge on any atom is 0.300 e. The van der Waals surface area contributed by atoms with E-state index in [2.05, 4.69) is 0 Å².